The molecule has 2 aliphatic heterocycles. The van der Waals surface area contributed by atoms with Crippen LogP contribution in [0.5, 0.6) is 0 Å². The van der Waals surface area contributed by atoms with Crippen molar-refractivity contribution in [1.82, 2.24) is 0 Å². The summed E-state index contributed by atoms with van der Waals surface area (Å²) in [7, 11) is -2.06. The minimum atomic E-state index is -2.06. The van der Waals surface area contributed by atoms with Crippen LogP contribution in [0.15, 0.2) is 43.0 Å². The van der Waals surface area contributed by atoms with Crippen LogP contribution in [0.2, 0.25) is 18.1 Å². The molecule has 1 aromatic carbocycles. The molecule has 0 bridgehead atoms. The van der Waals surface area contributed by atoms with E-state index in [1.807, 2.05) is 52.0 Å². The summed E-state index contributed by atoms with van der Waals surface area (Å²) in [4.78, 5) is 0. The van der Waals surface area contributed by atoms with Gasteiger partial charge in [-0.05, 0) is 77.6 Å². The highest BCUT2D eigenvalue weighted by molar-refractivity contribution is 6.74. The second kappa shape index (κ2) is 13.7. The third-order valence-corrected chi connectivity index (χ3v) is 13.1. The van der Waals surface area contributed by atoms with E-state index in [1.165, 1.54) is 5.56 Å². The van der Waals surface area contributed by atoms with Crippen LogP contribution in [0.25, 0.3) is 0 Å². The quantitative estimate of drug-likeness (QED) is 0.130. The van der Waals surface area contributed by atoms with Gasteiger partial charge in [-0.1, -0.05) is 57.2 Å². The van der Waals surface area contributed by atoms with Gasteiger partial charge in [0.25, 0.3) is 0 Å². The van der Waals surface area contributed by atoms with Crippen LogP contribution in [0, 0.1) is 0 Å². The third-order valence-electron chi connectivity index (χ3n) is 8.61. The summed E-state index contributed by atoms with van der Waals surface area (Å²) in [5, 5.41) is 0.0990. The molecule has 0 aromatic heterocycles. The predicted molar refractivity (Wildman–Crippen MR) is 168 cm³/mol. The summed E-state index contributed by atoms with van der Waals surface area (Å²) in [5.74, 6) is -1.32. The van der Waals surface area contributed by atoms with Gasteiger partial charge in [-0.25, -0.2) is 0 Å². The Morgan fingerprint density at radius 2 is 1.61 bits per heavy atom. The van der Waals surface area contributed by atoms with Crippen molar-refractivity contribution >= 4 is 8.32 Å². The van der Waals surface area contributed by atoms with E-state index in [2.05, 4.69) is 59.5 Å². The van der Waals surface area contributed by atoms with Gasteiger partial charge >= 0.3 is 0 Å². The first kappa shape index (κ1) is 34.4. The fourth-order valence-corrected chi connectivity index (χ4v) is 7.45. The SMILES string of the molecule is C=CC[C@H]1C[C@@H](CC(C[C@]2(C)C[C@H](CCOCc3ccccc3)OC(C)(C)O2)O[Si](C)(C)C(C)(C)C)OC(C)(C)O1. The van der Waals surface area contributed by atoms with E-state index in [1.54, 1.807) is 0 Å². The molecule has 2 aliphatic rings. The Morgan fingerprint density at radius 1 is 0.976 bits per heavy atom. The lowest BCUT2D eigenvalue weighted by Gasteiger charge is -2.50. The lowest BCUT2D eigenvalue weighted by molar-refractivity contribution is -0.336. The van der Waals surface area contributed by atoms with Crippen molar-refractivity contribution in [2.75, 3.05) is 6.61 Å². The van der Waals surface area contributed by atoms with Crippen molar-refractivity contribution in [2.24, 2.45) is 0 Å². The fourth-order valence-electron chi connectivity index (χ4n) is 6.08. The van der Waals surface area contributed by atoms with Gasteiger partial charge in [0, 0.05) is 25.9 Å². The van der Waals surface area contributed by atoms with Crippen LogP contribution in [0.3, 0.4) is 0 Å². The highest BCUT2D eigenvalue weighted by atomic mass is 28.4. The van der Waals surface area contributed by atoms with Crippen LogP contribution in [0.1, 0.15) is 99.5 Å². The van der Waals surface area contributed by atoms with Gasteiger partial charge in [0.05, 0.1) is 36.6 Å². The highest BCUT2D eigenvalue weighted by Crippen LogP contribution is 2.43. The van der Waals surface area contributed by atoms with Crippen LogP contribution in [-0.4, -0.2) is 56.5 Å². The number of benzene rings is 1. The monoisotopic (exact) mass is 590 g/mol. The van der Waals surface area contributed by atoms with E-state index in [0.717, 1.165) is 38.5 Å². The molecule has 2 fully saturated rings. The largest absolute Gasteiger partial charge is 0.414 e. The second-order valence-electron chi connectivity index (χ2n) is 14.8. The summed E-state index contributed by atoms with van der Waals surface area (Å²) >= 11 is 0. The van der Waals surface area contributed by atoms with Gasteiger partial charge in [0.2, 0.25) is 0 Å². The maximum atomic E-state index is 7.14. The summed E-state index contributed by atoms with van der Waals surface area (Å²) in [6.07, 6.45) is 6.97. The van der Waals surface area contributed by atoms with E-state index in [9.17, 15) is 0 Å². The maximum Gasteiger partial charge on any atom is 0.192 e. The van der Waals surface area contributed by atoms with Crippen LogP contribution >= 0.6 is 0 Å². The molecule has 3 rings (SSSR count). The average molecular weight is 591 g/mol. The molecule has 234 valence electrons. The number of ether oxygens (including phenoxy) is 5. The van der Waals surface area contributed by atoms with Crippen molar-refractivity contribution < 1.29 is 28.1 Å². The maximum absolute atomic E-state index is 7.14. The topological polar surface area (TPSA) is 55.4 Å². The van der Waals surface area contributed by atoms with Crippen LogP contribution in [-0.2, 0) is 34.7 Å². The lowest BCUT2D eigenvalue weighted by Crippen LogP contribution is -2.54. The molecule has 6 nitrogen and oxygen atoms in total. The Labute approximate surface area is 251 Å². The van der Waals surface area contributed by atoms with Gasteiger partial charge in [-0.2, -0.15) is 0 Å². The molecule has 2 saturated heterocycles. The summed E-state index contributed by atoms with van der Waals surface area (Å²) < 4.78 is 38.9. The molecule has 41 heavy (non-hydrogen) atoms. The molecule has 1 aromatic rings. The normalized spacial score (nSPS) is 29.2. The zero-order chi connectivity index (χ0) is 30.5. The van der Waals surface area contributed by atoms with Gasteiger partial charge in [0.1, 0.15) is 0 Å². The molecule has 0 spiro atoms. The first-order chi connectivity index (χ1) is 18.9. The lowest BCUT2D eigenvalue weighted by atomic mass is 9.86. The molecule has 0 radical (unpaired) electrons. The standard InChI is InChI=1S/C34H58O6Si/c1-12-16-27-21-29(38-32(5,6)36-27)22-30(39-41(10,11)31(2,3)4)24-34(9)23-28(37-33(7,8)40-34)19-20-35-25-26-17-14-13-15-18-26/h12-15,17-18,27-30H,1,16,19-25H2,2-11H3/t27-,28-,29-,30?,34-/m0/s1. The zero-order valence-electron chi connectivity index (χ0n) is 27.6. The summed E-state index contributed by atoms with van der Waals surface area (Å²) in [6.45, 7) is 27.0. The van der Waals surface area contributed by atoms with Gasteiger partial charge in [-0.3, -0.25) is 0 Å². The minimum Gasteiger partial charge on any atom is -0.414 e. The van der Waals surface area contributed by atoms with Crippen molar-refractivity contribution in [2.45, 2.75) is 160 Å². The highest BCUT2D eigenvalue weighted by Gasteiger charge is 2.47. The summed E-state index contributed by atoms with van der Waals surface area (Å²) in [5.41, 5.74) is 0.783. The minimum absolute atomic E-state index is 0.00643. The zero-order valence-corrected chi connectivity index (χ0v) is 28.6. The molecule has 0 amide bonds. The number of hydrogen-bond acceptors (Lipinski definition) is 6. The Hall–Kier alpha value is -1.06. The van der Waals surface area contributed by atoms with Crippen LogP contribution < -0.4 is 0 Å². The molecule has 2 heterocycles. The van der Waals surface area contributed by atoms with E-state index in [0.29, 0.717) is 13.2 Å². The molecule has 0 aliphatic carbocycles. The van der Waals surface area contributed by atoms with E-state index in [4.69, 9.17) is 28.1 Å². The molecule has 5 atom stereocenters. The smallest absolute Gasteiger partial charge is 0.192 e. The van der Waals surface area contributed by atoms with Crippen molar-refractivity contribution in [3.63, 3.8) is 0 Å². The first-order valence-corrected chi connectivity index (χ1v) is 18.5. The molecule has 7 heteroatoms. The van der Waals surface area contributed by atoms with Crippen molar-refractivity contribution in [1.29, 1.82) is 0 Å². The van der Waals surface area contributed by atoms with Crippen LogP contribution in [0.4, 0.5) is 0 Å². The summed E-state index contributed by atoms with van der Waals surface area (Å²) in [6, 6.07) is 10.3. The molecular weight excluding hydrogens is 532 g/mol. The fraction of sp³-hybridized carbons (Fsp3) is 0.765. The van der Waals surface area contributed by atoms with E-state index < -0.39 is 25.5 Å². The second-order valence-corrected chi connectivity index (χ2v) is 19.6. The Morgan fingerprint density at radius 3 is 2.24 bits per heavy atom. The Balaban J connectivity index is 1.72. The van der Waals surface area contributed by atoms with E-state index >= 15 is 0 Å². The average Bonchev–Trinajstić information content (AvgIpc) is 2.79. The van der Waals surface area contributed by atoms with Gasteiger partial charge in [-0.15, -0.1) is 6.58 Å². The third kappa shape index (κ3) is 10.9. The number of rotatable bonds is 13. The first-order valence-electron chi connectivity index (χ1n) is 15.5. The predicted octanol–water partition coefficient (Wildman–Crippen LogP) is 8.55. The van der Waals surface area contributed by atoms with Crippen molar-refractivity contribution in [3.8, 4) is 0 Å². The van der Waals surface area contributed by atoms with E-state index in [-0.39, 0.29) is 29.5 Å². The molecule has 0 N–H and O–H groups in total. The Bertz CT molecular complexity index is 956. The Kier molecular flexibility index (Phi) is 11.5. The molecular formula is C34H58O6Si. The molecule has 1 unspecified atom stereocenters. The van der Waals surface area contributed by atoms with Crippen molar-refractivity contribution in [3.05, 3.63) is 48.6 Å². The van der Waals surface area contributed by atoms with Gasteiger partial charge < -0.3 is 28.1 Å². The van der Waals surface area contributed by atoms with Gasteiger partial charge in [0.15, 0.2) is 19.9 Å². The molecule has 0 saturated carbocycles. The number of hydrogen-bond donors (Lipinski definition) is 0.